The van der Waals surface area contributed by atoms with Gasteiger partial charge >= 0.3 is 0 Å². The molecule has 0 saturated carbocycles. The average molecular weight is 324 g/mol. The molecule has 0 unspecified atom stereocenters. The van der Waals surface area contributed by atoms with E-state index in [1.165, 1.54) is 29.5 Å². The zero-order chi connectivity index (χ0) is 16.1. The lowest BCUT2D eigenvalue weighted by Gasteiger charge is -1.97. The molecule has 0 aliphatic heterocycles. The third-order valence-electron chi connectivity index (χ3n) is 3.10. The molecule has 1 heterocycles. The first-order valence-electron chi connectivity index (χ1n) is 6.96. The first-order chi connectivity index (χ1) is 11.2. The molecular formula is C18H13FN2OS. The number of aromatic nitrogens is 1. The number of carbonyl (C=O) groups excluding carboxylic acids is 1. The number of nitrogens with one attached hydrogen (secondary N) is 1. The molecule has 5 heteroatoms. The summed E-state index contributed by atoms with van der Waals surface area (Å²) in [4.78, 5) is 16.2. The quantitative estimate of drug-likeness (QED) is 0.713. The summed E-state index contributed by atoms with van der Waals surface area (Å²) < 4.78 is 12.9. The van der Waals surface area contributed by atoms with Crippen molar-refractivity contribution in [3.8, 4) is 11.3 Å². The number of nitrogens with zero attached hydrogens (tertiary/aromatic N) is 1. The Labute approximate surface area is 137 Å². The molecule has 3 nitrogen and oxygen atoms in total. The molecule has 114 valence electrons. The summed E-state index contributed by atoms with van der Waals surface area (Å²) in [5.74, 6) is -0.530. The Balaban J connectivity index is 1.66. The number of halogens is 1. The molecule has 0 spiro atoms. The summed E-state index contributed by atoms with van der Waals surface area (Å²) in [7, 11) is 0. The molecule has 1 amide bonds. The molecule has 0 aliphatic carbocycles. The van der Waals surface area contributed by atoms with E-state index in [2.05, 4.69) is 10.3 Å². The summed E-state index contributed by atoms with van der Waals surface area (Å²) in [5, 5.41) is 5.05. The second-order valence-electron chi connectivity index (χ2n) is 4.78. The Morgan fingerprint density at radius 3 is 2.57 bits per heavy atom. The van der Waals surface area contributed by atoms with Crippen molar-refractivity contribution >= 4 is 28.5 Å². The van der Waals surface area contributed by atoms with Crippen LogP contribution in [-0.2, 0) is 4.79 Å². The van der Waals surface area contributed by atoms with Crippen molar-refractivity contribution in [3.05, 3.63) is 77.4 Å². The lowest BCUT2D eigenvalue weighted by Crippen LogP contribution is -2.07. The van der Waals surface area contributed by atoms with Crippen LogP contribution in [0.4, 0.5) is 9.52 Å². The van der Waals surface area contributed by atoms with Gasteiger partial charge in [-0.3, -0.25) is 10.1 Å². The van der Waals surface area contributed by atoms with Crippen molar-refractivity contribution in [1.82, 2.24) is 4.98 Å². The van der Waals surface area contributed by atoms with Crippen molar-refractivity contribution in [2.75, 3.05) is 5.32 Å². The maximum absolute atomic E-state index is 12.9. The number of anilines is 1. The number of rotatable bonds is 4. The zero-order valence-corrected chi connectivity index (χ0v) is 12.9. The van der Waals surface area contributed by atoms with Crippen LogP contribution in [0.1, 0.15) is 5.56 Å². The van der Waals surface area contributed by atoms with Crippen molar-refractivity contribution in [3.63, 3.8) is 0 Å². The van der Waals surface area contributed by atoms with E-state index in [4.69, 9.17) is 0 Å². The molecule has 1 N–H and O–H groups in total. The van der Waals surface area contributed by atoms with Gasteiger partial charge in [0.1, 0.15) is 5.82 Å². The summed E-state index contributed by atoms with van der Waals surface area (Å²) in [6.45, 7) is 0. The first kappa shape index (κ1) is 15.1. The predicted molar refractivity (Wildman–Crippen MR) is 91.6 cm³/mol. The minimum atomic E-state index is -0.288. The molecule has 23 heavy (non-hydrogen) atoms. The van der Waals surface area contributed by atoms with Crippen LogP contribution >= 0.6 is 11.3 Å². The molecule has 0 aliphatic rings. The van der Waals surface area contributed by atoms with E-state index < -0.39 is 0 Å². The van der Waals surface area contributed by atoms with Crippen LogP contribution in [0.5, 0.6) is 0 Å². The van der Waals surface area contributed by atoms with Gasteiger partial charge in [0.25, 0.3) is 0 Å². The molecule has 0 fully saturated rings. The van der Waals surface area contributed by atoms with Crippen LogP contribution in [0.25, 0.3) is 17.3 Å². The van der Waals surface area contributed by atoms with Crippen molar-refractivity contribution in [2.45, 2.75) is 0 Å². The molecule has 0 saturated heterocycles. The van der Waals surface area contributed by atoms with Gasteiger partial charge in [-0.15, -0.1) is 11.3 Å². The number of thiazole rings is 1. The van der Waals surface area contributed by atoms with E-state index in [9.17, 15) is 9.18 Å². The third-order valence-corrected chi connectivity index (χ3v) is 3.86. The van der Waals surface area contributed by atoms with Gasteiger partial charge in [-0.2, -0.15) is 0 Å². The summed E-state index contributed by atoms with van der Waals surface area (Å²) in [5.41, 5.74) is 2.47. The topological polar surface area (TPSA) is 42.0 Å². The standard InChI is InChI=1S/C18H13FN2OS/c19-15-9-7-14(8-10-15)16-12-23-18(20-16)21-17(22)11-6-13-4-2-1-3-5-13/h1-12H,(H,20,21,22). The van der Waals surface area contributed by atoms with Gasteiger partial charge in [0.05, 0.1) is 5.69 Å². The predicted octanol–water partition coefficient (Wildman–Crippen LogP) is 4.60. The molecule has 0 atom stereocenters. The van der Waals surface area contributed by atoms with Gasteiger partial charge in [0.2, 0.25) is 5.91 Å². The number of carbonyl (C=O) groups is 1. The maximum Gasteiger partial charge on any atom is 0.250 e. The van der Waals surface area contributed by atoms with Crippen LogP contribution in [0, 0.1) is 5.82 Å². The van der Waals surface area contributed by atoms with Crippen molar-refractivity contribution < 1.29 is 9.18 Å². The van der Waals surface area contributed by atoms with Gasteiger partial charge < -0.3 is 0 Å². The molecular weight excluding hydrogens is 311 g/mol. The monoisotopic (exact) mass is 324 g/mol. The average Bonchev–Trinajstić information content (AvgIpc) is 3.03. The van der Waals surface area contributed by atoms with Crippen LogP contribution in [0.3, 0.4) is 0 Å². The first-order valence-corrected chi connectivity index (χ1v) is 7.84. The van der Waals surface area contributed by atoms with Crippen molar-refractivity contribution in [1.29, 1.82) is 0 Å². The molecule has 0 radical (unpaired) electrons. The highest BCUT2D eigenvalue weighted by Crippen LogP contribution is 2.25. The number of benzene rings is 2. The van der Waals surface area contributed by atoms with E-state index in [1.54, 1.807) is 18.2 Å². The van der Waals surface area contributed by atoms with E-state index in [-0.39, 0.29) is 11.7 Å². The highest BCUT2D eigenvalue weighted by atomic mass is 32.1. The van der Waals surface area contributed by atoms with Crippen molar-refractivity contribution in [2.24, 2.45) is 0 Å². The van der Waals surface area contributed by atoms with Crippen LogP contribution in [0.2, 0.25) is 0 Å². The largest absolute Gasteiger partial charge is 0.298 e. The lowest BCUT2D eigenvalue weighted by atomic mass is 10.2. The smallest absolute Gasteiger partial charge is 0.250 e. The SMILES string of the molecule is O=C(C=Cc1ccccc1)Nc1nc(-c2ccc(F)cc2)cs1. The van der Waals surface area contributed by atoms with Gasteiger partial charge in [-0.25, -0.2) is 9.37 Å². The molecule has 0 bridgehead atoms. The van der Waals surface area contributed by atoms with Gasteiger partial charge in [0, 0.05) is 17.0 Å². The molecule has 1 aromatic heterocycles. The summed E-state index contributed by atoms with van der Waals surface area (Å²) in [6.07, 6.45) is 3.21. The van der Waals surface area contributed by atoms with E-state index >= 15 is 0 Å². The number of hydrogen-bond donors (Lipinski definition) is 1. The fraction of sp³-hybridized carbons (Fsp3) is 0. The maximum atomic E-state index is 12.9. The van der Waals surface area contributed by atoms with E-state index in [0.29, 0.717) is 10.8 Å². The summed E-state index contributed by atoms with van der Waals surface area (Å²) in [6, 6.07) is 15.7. The molecule has 2 aromatic carbocycles. The van der Waals surface area contributed by atoms with E-state index in [0.717, 1.165) is 11.1 Å². The number of amides is 1. The fourth-order valence-corrected chi connectivity index (χ4v) is 2.69. The van der Waals surface area contributed by atoms with Crippen LogP contribution in [-0.4, -0.2) is 10.9 Å². The Kier molecular flexibility index (Phi) is 4.59. The zero-order valence-electron chi connectivity index (χ0n) is 12.1. The lowest BCUT2D eigenvalue weighted by molar-refractivity contribution is -0.111. The second-order valence-corrected chi connectivity index (χ2v) is 5.64. The molecule has 3 aromatic rings. The Hall–Kier alpha value is -2.79. The minimum Gasteiger partial charge on any atom is -0.298 e. The second kappa shape index (κ2) is 6.98. The Morgan fingerprint density at radius 1 is 1.09 bits per heavy atom. The van der Waals surface area contributed by atoms with Gasteiger partial charge in [0.15, 0.2) is 5.13 Å². The van der Waals surface area contributed by atoms with E-state index in [1.807, 2.05) is 35.7 Å². The third kappa shape index (κ3) is 4.11. The Morgan fingerprint density at radius 2 is 1.83 bits per heavy atom. The normalized spacial score (nSPS) is 10.8. The highest BCUT2D eigenvalue weighted by molar-refractivity contribution is 7.14. The van der Waals surface area contributed by atoms with Gasteiger partial charge in [-0.05, 0) is 35.9 Å². The number of hydrogen-bond acceptors (Lipinski definition) is 3. The summed E-state index contributed by atoms with van der Waals surface area (Å²) >= 11 is 1.33. The molecule has 3 rings (SSSR count). The fourth-order valence-electron chi connectivity index (χ4n) is 1.97. The van der Waals surface area contributed by atoms with Gasteiger partial charge in [-0.1, -0.05) is 30.3 Å². The van der Waals surface area contributed by atoms with Crippen LogP contribution in [0.15, 0.2) is 66.1 Å². The highest BCUT2D eigenvalue weighted by Gasteiger charge is 2.06. The van der Waals surface area contributed by atoms with Crippen LogP contribution < -0.4 is 5.32 Å². The Bertz CT molecular complexity index is 826. The minimum absolute atomic E-state index is 0.242.